The van der Waals surface area contributed by atoms with Crippen LogP contribution in [0, 0.1) is 12.8 Å². The van der Waals surface area contributed by atoms with Gasteiger partial charge in [0.1, 0.15) is 12.4 Å². The molecule has 2 heterocycles. The zero-order valence-electron chi connectivity index (χ0n) is 20.3. The number of aliphatic imine (C=N–C) groups is 1. The summed E-state index contributed by atoms with van der Waals surface area (Å²) >= 11 is 0. The van der Waals surface area contributed by atoms with Gasteiger partial charge in [-0.25, -0.2) is 4.99 Å². The van der Waals surface area contributed by atoms with Crippen molar-refractivity contribution in [2.75, 3.05) is 19.6 Å². The summed E-state index contributed by atoms with van der Waals surface area (Å²) in [6.45, 7) is 7.82. The van der Waals surface area contributed by atoms with E-state index in [1.54, 1.807) is 0 Å². The standard InChI is InChI=1S/C23H40N8O.HI/c1-4-31-12-6-9-20(31)14-24-23(25-15-21-29-28-16(2)30(21)3)27-19-8-5-7-17(13-19)22(32)26-18-10-11-18;/h17-20H,4-15H2,1-3H3,(H,26,32)(H2,24,25,27);1H. The molecule has 2 aliphatic carbocycles. The van der Waals surface area contributed by atoms with Crippen LogP contribution in [0.4, 0.5) is 0 Å². The summed E-state index contributed by atoms with van der Waals surface area (Å²) in [7, 11) is 1.97. The van der Waals surface area contributed by atoms with Crippen LogP contribution in [0.2, 0.25) is 0 Å². The van der Waals surface area contributed by atoms with E-state index >= 15 is 0 Å². The number of amides is 1. The number of hydrogen-bond acceptors (Lipinski definition) is 5. The number of carbonyl (C=O) groups is 1. The molecule has 1 aliphatic heterocycles. The zero-order chi connectivity index (χ0) is 22.5. The molecule has 3 aliphatic rings. The lowest BCUT2D eigenvalue weighted by Gasteiger charge is -2.31. The number of nitrogens with one attached hydrogen (secondary N) is 3. The SMILES string of the molecule is CCN1CCCC1CNC(=NCc1nnc(C)n1C)NC1CCCC(C(=O)NC2CC2)C1.I. The number of aromatic nitrogens is 3. The minimum absolute atomic E-state index is 0. The lowest BCUT2D eigenvalue weighted by atomic mass is 9.85. The summed E-state index contributed by atoms with van der Waals surface area (Å²) in [5.41, 5.74) is 0. The molecule has 3 fully saturated rings. The largest absolute Gasteiger partial charge is 0.355 e. The van der Waals surface area contributed by atoms with Gasteiger partial charge in [0.2, 0.25) is 5.91 Å². The van der Waals surface area contributed by atoms with Crippen molar-refractivity contribution in [2.24, 2.45) is 18.0 Å². The molecular weight excluding hydrogens is 531 g/mol. The number of likely N-dealkylation sites (N-methyl/N-ethyl adjacent to an activating group) is 1. The third-order valence-electron chi connectivity index (χ3n) is 7.28. The van der Waals surface area contributed by atoms with Gasteiger partial charge >= 0.3 is 0 Å². The Morgan fingerprint density at radius 2 is 1.91 bits per heavy atom. The van der Waals surface area contributed by atoms with Gasteiger partial charge in [-0.3, -0.25) is 9.69 Å². The fourth-order valence-corrected chi connectivity index (χ4v) is 4.95. The molecule has 2 saturated carbocycles. The summed E-state index contributed by atoms with van der Waals surface area (Å²) in [6.07, 6.45) is 8.76. The van der Waals surface area contributed by atoms with Crippen molar-refractivity contribution in [1.82, 2.24) is 35.6 Å². The van der Waals surface area contributed by atoms with Crippen LogP contribution in [0.15, 0.2) is 4.99 Å². The molecule has 3 atom stereocenters. The number of likely N-dealkylation sites (tertiary alicyclic amines) is 1. The van der Waals surface area contributed by atoms with Crippen LogP contribution in [0.5, 0.6) is 0 Å². The Bertz CT molecular complexity index is 808. The molecule has 33 heavy (non-hydrogen) atoms. The molecule has 186 valence electrons. The molecule has 10 heteroatoms. The fourth-order valence-electron chi connectivity index (χ4n) is 4.95. The molecule has 3 unspecified atom stereocenters. The lowest BCUT2D eigenvalue weighted by Crippen LogP contribution is -2.50. The Kier molecular flexibility index (Phi) is 9.78. The van der Waals surface area contributed by atoms with Gasteiger partial charge < -0.3 is 20.5 Å². The quantitative estimate of drug-likeness (QED) is 0.251. The average molecular weight is 573 g/mol. The zero-order valence-corrected chi connectivity index (χ0v) is 22.7. The first-order valence-corrected chi connectivity index (χ1v) is 12.5. The van der Waals surface area contributed by atoms with E-state index in [4.69, 9.17) is 4.99 Å². The third kappa shape index (κ3) is 7.27. The molecule has 4 rings (SSSR count). The van der Waals surface area contributed by atoms with Crippen molar-refractivity contribution in [2.45, 2.75) is 89.9 Å². The van der Waals surface area contributed by atoms with Crippen molar-refractivity contribution >= 4 is 35.8 Å². The molecular formula is C23H41IN8O. The van der Waals surface area contributed by atoms with Crippen LogP contribution in [-0.4, -0.2) is 69.3 Å². The van der Waals surface area contributed by atoms with Crippen LogP contribution >= 0.6 is 24.0 Å². The molecule has 0 radical (unpaired) electrons. The molecule has 1 saturated heterocycles. The highest BCUT2D eigenvalue weighted by Crippen LogP contribution is 2.27. The molecule has 1 aromatic heterocycles. The van der Waals surface area contributed by atoms with Crippen LogP contribution in [0.3, 0.4) is 0 Å². The summed E-state index contributed by atoms with van der Waals surface area (Å²) < 4.78 is 1.98. The predicted molar refractivity (Wildman–Crippen MR) is 141 cm³/mol. The lowest BCUT2D eigenvalue weighted by molar-refractivity contribution is -0.126. The van der Waals surface area contributed by atoms with Crippen LogP contribution < -0.4 is 16.0 Å². The highest BCUT2D eigenvalue weighted by atomic mass is 127. The van der Waals surface area contributed by atoms with Crippen molar-refractivity contribution in [1.29, 1.82) is 0 Å². The van der Waals surface area contributed by atoms with Crippen molar-refractivity contribution in [3.05, 3.63) is 11.6 Å². The smallest absolute Gasteiger partial charge is 0.223 e. The van der Waals surface area contributed by atoms with E-state index in [9.17, 15) is 4.79 Å². The highest BCUT2D eigenvalue weighted by molar-refractivity contribution is 14.0. The summed E-state index contributed by atoms with van der Waals surface area (Å²) in [5, 5.41) is 18.8. The molecule has 1 aromatic rings. The summed E-state index contributed by atoms with van der Waals surface area (Å²) in [4.78, 5) is 20.0. The van der Waals surface area contributed by atoms with Gasteiger partial charge in [-0.15, -0.1) is 34.2 Å². The normalized spacial score (nSPS) is 26.0. The Hall–Kier alpha value is -1.43. The fraction of sp³-hybridized carbons (Fsp3) is 0.826. The van der Waals surface area contributed by atoms with E-state index in [2.05, 4.69) is 38.0 Å². The van der Waals surface area contributed by atoms with Gasteiger partial charge in [-0.1, -0.05) is 13.3 Å². The van der Waals surface area contributed by atoms with Crippen LogP contribution in [-0.2, 0) is 18.4 Å². The number of hydrogen-bond donors (Lipinski definition) is 3. The molecule has 1 amide bonds. The first-order valence-electron chi connectivity index (χ1n) is 12.5. The minimum atomic E-state index is 0. The van der Waals surface area contributed by atoms with Gasteiger partial charge in [0.05, 0.1) is 0 Å². The Morgan fingerprint density at radius 3 is 2.61 bits per heavy atom. The molecule has 0 bridgehead atoms. The van der Waals surface area contributed by atoms with Crippen molar-refractivity contribution in [3.63, 3.8) is 0 Å². The number of nitrogens with zero attached hydrogens (tertiary/aromatic N) is 5. The van der Waals surface area contributed by atoms with Crippen molar-refractivity contribution < 1.29 is 4.79 Å². The van der Waals surface area contributed by atoms with Gasteiger partial charge in [0, 0.05) is 37.6 Å². The Morgan fingerprint density at radius 1 is 1.09 bits per heavy atom. The van der Waals surface area contributed by atoms with E-state index in [1.165, 1.54) is 19.4 Å². The van der Waals surface area contributed by atoms with Crippen molar-refractivity contribution in [3.8, 4) is 0 Å². The highest BCUT2D eigenvalue weighted by Gasteiger charge is 2.31. The number of guanidine groups is 1. The van der Waals surface area contributed by atoms with Crippen LogP contribution in [0.1, 0.15) is 69.9 Å². The number of carbonyl (C=O) groups excluding carboxylic acids is 1. The first-order chi connectivity index (χ1) is 15.5. The maximum atomic E-state index is 12.6. The molecule has 3 N–H and O–H groups in total. The number of rotatable bonds is 8. The summed E-state index contributed by atoms with van der Waals surface area (Å²) in [5.74, 6) is 2.91. The Balaban J connectivity index is 0.00000306. The Labute approximate surface area is 215 Å². The maximum absolute atomic E-state index is 12.6. The molecule has 0 spiro atoms. The topological polar surface area (TPSA) is 99.5 Å². The number of aryl methyl sites for hydroxylation is 1. The monoisotopic (exact) mass is 572 g/mol. The summed E-state index contributed by atoms with van der Waals surface area (Å²) in [6, 6.07) is 1.24. The first kappa shape index (κ1) is 26.2. The minimum Gasteiger partial charge on any atom is -0.355 e. The second-order valence-electron chi connectivity index (χ2n) is 9.68. The van der Waals surface area contributed by atoms with Gasteiger partial charge in [-0.2, -0.15) is 0 Å². The van der Waals surface area contributed by atoms with E-state index in [1.807, 2.05) is 18.5 Å². The van der Waals surface area contributed by atoms with E-state index in [0.717, 1.165) is 69.2 Å². The van der Waals surface area contributed by atoms with Crippen LogP contribution in [0.25, 0.3) is 0 Å². The molecule has 0 aromatic carbocycles. The van der Waals surface area contributed by atoms with Gasteiger partial charge in [0.15, 0.2) is 11.8 Å². The predicted octanol–water partition coefficient (Wildman–Crippen LogP) is 2.10. The van der Waals surface area contributed by atoms with Gasteiger partial charge in [0.25, 0.3) is 0 Å². The maximum Gasteiger partial charge on any atom is 0.223 e. The van der Waals surface area contributed by atoms with E-state index in [-0.39, 0.29) is 41.8 Å². The average Bonchev–Trinajstić information content (AvgIpc) is 3.40. The third-order valence-corrected chi connectivity index (χ3v) is 7.28. The second kappa shape index (κ2) is 12.3. The molecule has 9 nitrogen and oxygen atoms in total. The second-order valence-corrected chi connectivity index (χ2v) is 9.68. The van der Waals surface area contributed by atoms with E-state index in [0.29, 0.717) is 18.6 Å². The van der Waals surface area contributed by atoms with E-state index < -0.39 is 0 Å². The number of halogens is 1. The van der Waals surface area contributed by atoms with Gasteiger partial charge in [-0.05, 0) is 65.0 Å².